The average Bonchev–Trinajstić information content (AvgIpc) is 1.58. The number of carbonyl (C=O) groups excluding carboxylic acids is 9. The molecular formula is C70H107BrMgN8O17S2. The van der Waals surface area contributed by atoms with Crippen LogP contribution in [0.15, 0.2) is 86.0 Å². The van der Waals surface area contributed by atoms with E-state index in [9.17, 15) is 65.1 Å². The summed E-state index contributed by atoms with van der Waals surface area (Å²) in [4.78, 5) is 121. The molecule has 99 heavy (non-hydrogen) atoms. The zero-order chi connectivity index (χ0) is 73.5. The maximum absolute atomic E-state index is 14.2. The topological polar surface area (TPSA) is 348 Å². The van der Waals surface area contributed by atoms with Gasteiger partial charge in [-0.1, -0.05) is 112 Å². The molecule has 3 heterocycles. The van der Waals surface area contributed by atoms with Crippen LogP contribution in [0.1, 0.15) is 181 Å². The summed E-state index contributed by atoms with van der Waals surface area (Å²) in [5, 5.41) is 21.0. The predicted octanol–water partition coefficient (Wildman–Crippen LogP) is 3.81. The van der Waals surface area contributed by atoms with E-state index in [0.29, 0.717) is 31.2 Å². The molecule has 3 saturated heterocycles. The number of alkyl carbamates (subject to hydrolysis) is 2. The van der Waals surface area contributed by atoms with Gasteiger partial charge in [0.15, 0.2) is 5.78 Å². The second-order valence-corrected chi connectivity index (χ2v) is 32.9. The normalized spacial score (nSPS) is 24.2. The van der Waals surface area contributed by atoms with Crippen molar-refractivity contribution < 1.29 is 96.3 Å². The molecule has 9 rings (SSSR count). The number of carbonyl (C=O) groups is 9. The van der Waals surface area contributed by atoms with E-state index in [1.807, 2.05) is 58.0 Å². The van der Waals surface area contributed by atoms with Gasteiger partial charge in [-0.05, 0) is 109 Å². The minimum Gasteiger partial charge on any atom is -1.00 e. The van der Waals surface area contributed by atoms with Crippen LogP contribution < -0.4 is 47.7 Å². The van der Waals surface area contributed by atoms with Crippen LogP contribution in [0.3, 0.4) is 0 Å². The van der Waals surface area contributed by atoms with E-state index in [1.165, 1.54) is 29.9 Å². The number of halogens is 1. The fourth-order valence-corrected chi connectivity index (χ4v) is 13.6. The molecule has 550 valence electrons. The van der Waals surface area contributed by atoms with Crippen LogP contribution in [0.2, 0.25) is 0 Å². The Balaban J connectivity index is 0.000000550. The van der Waals surface area contributed by atoms with Crippen molar-refractivity contribution >= 4 is 96.5 Å². The van der Waals surface area contributed by atoms with Crippen LogP contribution in [-0.4, -0.2) is 191 Å². The van der Waals surface area contributed by atoms with Crippen molar-refractivity contribution in [2.75, 3.05) is 26.3 Å². The molecule has 0 bridgehead atoms. The second-order valence-electron chi connectivity index (χ2n) is 29.0. The van der Waals surface area contributed by atoms with Crippen molar-refractivity contribution in [3.8, 4) is 0 Å². The Kier molecular flexibility index (Phi) is 33.1. The number of amides is 8. The summed E-state index contributed by atoms with van der Waals surface area (Å²) >= 11 is 0. The number of hydrogen-bond donors (Lipinski definition) is 7. The smallest absolute Gasteiger partial charge is 1.00 e. The van der Waals surface area contributed by atoms with E-state index < -0.39 is 153 Å². The number of likely N-dealkylation sites (tertiary alicyclic amines) is 2. The van der Waals surface area contributed by atoms with Crippen LogP contribution in [0.5, 0.6) is 0 Å². The minimum absolute atomic E-state index is 0. The van der Waals surface area contributed by atoms with E-state index in [4.69, 9.17) is 14.2 Å². The van der Waals surface area contributed by atoms with Gasteiger partial charge in [-0.15, -0.1) is 13.2 Å². The Morgan fingerprint density at radius 1 is 0.616 bits per heavy atom. The average molecular weight is 1500 g/mol. The molecule has 0 spiro atoms. The SMILES string of the molecule is C1CCOC1.C=C[C@@H]1C[C@]1(NC(=O)[C@@H]1CC(=O)CN1C(=O)[C@@H](NC(=O)OC(C)(C)C)C(C)(C)C)C(=O)NS(=O)(=O)C1CC1.C=C[C@@H]1C[C@]1(NC(=O)[C@@H]1C[C@@](O)(c2ccccc2)CN1C(=O)[C@@H](NC(=O)OC(C)(C)C)C(C)(C)C)C(=O)NS(=O)(=O)C1CC1.CC.CC.[Br-].[Mg+2].[c-]1ccccc1. The van der Waals surface area contributed by atoms with Crippen molar-refractivity contribution in [1.29, 1.82) is 0 Å². The molecule has 7 fully saturated rings. The van der Waals surface area contributed by atoms with Crippen molar-refractivity contribution in [2.24, 2.45) is 22.7 Å². The summed E-state index contributed by atoms with van der Waals surface area (Å²) < 4.78 is 69.5. The van der Waals surface area contributed by atoms with Gasteiger partial charge in [-0.3, -0.25) is 43.0 Å². The number of ether oxygens (including phenoxy) is 3. The standard InChI is InChI=1S/C31H44N4O8S.C25H38N4O8S.C6H5.C4H8O.2C2H6.BrH.Mg/c1-8-19-16-31(19,26(38)34-44(41,42)21-14-15-21)33-24(36)22-17-30(40,20-12-10-9-11-13-20)18-35(22)25(37)23(28(2,3)4)32-27(39)43-29(5,6)7;1-8-14-12-25(14,21(33)28-38(35,36)16-9-10-16)27-19(31)17-11-15(30)13-29(17)20(32)18(23(2,3)4)26-22(34)37-24(5,6)7;1-2-4-6-5-3-1;1-2-4-5-3-1;2*1-2;;/h8-13,19,21-23,40H,1,14-18H2,2-7H3,(H,32,39)(H,33,36)(H,34,38);8,14,16-18H,1,9-13H2,2-7H3,(H,26,34)(H,27,31)(H,28,33);1-5H;1-4H2;2*1-2H3;1H;/q;;-1;;;;;+2/p-1/t19-,22+,23-,30+,31-;14-,17+,18-,25-;;;;;;/m11....../s1. The van der Waals surface area contributed by atoms with Gasteiger partial charge in [0.2, 0.25) is 43.7 Å². The van der Waals surface area contributed by atoms with Gasteiger partial charge in [0, 0.05) is 37.9 Å². The van der Waals surface area contributed by atoms with Gasteiger partial charge in [0.05, 0.1) is 23.6 Å². The summed E-state index contributed by atoms with van der Waals surface area (Å²) in [5.41, 5.74) is -7.52. The Hall–Kier alpha value is -5.98. The monoisotopic (exact) mass is 1500 g/mol. The number of aliphatic hydroxyl groups is 1. The first kappa shape index (κ1) is 89.1. The van der Waals surface area contributed by atoms with Crippen molar-refractivity contribution in [1.82, 2.24) is 40.5 Å². The number of hydrogen-bond acceptors (Lipinski definition) is 17. The molecule has 8 amide bonds. The largest absolute Gasteiger partial charge is 2.00 e. The van der Waals surface area contributed by atoms with Gasteiger partial charge >= 0.3 is 35.2 Å². The molecule has 29 heteroatoms. The molecule has 3 aliphatic heterocycles. The number of β-amino-alcohol motifs (C(OH)–C–C–N with tert-alkyl or cyclic N) is 1. The third-order valence-corrected chi connectivity index (χ3v) is 20.1. The quantitative estimate of drug-likeness (QED) is 0.0673. The molecule has 0 radical (unpaired) electrons. The van der Waals surface area contributed by atoms with E-state index in [1.54, 1.807) is 113 Å². The number of sulfonamides is 2. The van der Waals surface area contributed by atoms with Gasteiger partial charge < -0.3 is 67.4 Å². The van der Waals surface area contributed by atoms with E-state index in [0.717, 1.165) is 18.1 Å². The van der Waals surface area contributed by atoms with Crippen LogP contribution in [0.4, 0.5) is 9.59 Å². The summed E-state index contributed by atoms with van der Waals surface area (Å²) in [5.74, 6) is -5.93. The van der Waals surface area contributed by atoms with Crippen LogP contribution in [0, 0.1) is 28.7 Å². The molecule has 0 unspecified atom stereocenters. The molecule has 7 aliphatic rings. The van der Waals surface area contributed by atoms with Crippen molar-refractivity contribution in [2.45, 2.75) is 238 Å². The molecule has 2 aromatic carbocycles. The second kappa shape index (κ2) is 36.8. The fourth-order valence-electron chi connectivity index (χ4n) is 10.8. The zero-order valence-corrected chi connectivity index (χ0v) is 65.3. The summed E-state index contributed by atoms with van der Waals surface area (Å²) in [7, 11) is -7.75. The van der Waals surface area contributed by atoms with Crippen LogP contribution >= 0.6 is 0 Å². The number of nitrogens with zero attached hydrogens (tertiary/aromatic N) is 2. The Labute approximate surface area is 613 Å². The molecule has 0 aromatic heterocycles. The maximum atomic E-state index is 14.2. The number of rotatable bonds is 17. The third kappa shape index (κ3) is 25.5. The zero-order valence-electron chi connectivity index (χ0n) is 60.6. The number of ketones is 1. The number of benzene rings is 2. The number of nitrogens with one attached hydrogen (secondary N) is 6. The molecule has 4 saturated carbocycles. The molecule has 2 aromatic rings. The van der Waals surface area contributed by atoms with E-state index in [2.05, 4.69) is 49.9 Å². The molecule has 9 atom stereocenters. The first-order chi connectivity index (χ1) is 45.0. The molecular weight excluding hydrogens is 1390 g/mol. The summed E-state index contributed by atoms with van der Waals surface area (Å²) in [6, 6.07) is 16.3. The summed E-state index contributed by atoms with van der Waals surface area (Å²) in [6.07, 6.45) is 5.45. The van der Waals surface area contributed by atoms with Crippen molar-refractivity contribution in [3.05, 3.63) is 97.6 Å². The number of Topliss-reactive ketones (excluding diaryl/α,β-unsaturated/α-hetero) is 1. The maximum Gasteiger partial charge on any atom is 2.00 e. The van der Waals surface area contributed by atoms with E-state index in [-0.39, 0.29) is 84.6 Å². The van der Waals surface area contributed by atoms with Gasteiger partial charge in [-0.25, -0.2) is 26.4 Å². The Bertz CT molecular complexity index is 3310. The van der Waals surface area contributed by atoms with Crippen molar-refractivity contribution in [3.63, 3.8) is 0 Å². The van der Waals surface area contributed by atoms with Gasteiger partial charge in [0.1, 0.15) is 52.0 Å². The fraction of sp³-hybridized carbons (Fsp3) is 0.643. The first-order valence-corrected chi connectivity index (χ1v) is 36.5. The van der Waals surface area contributed by atoms with E-state index >= 15 is 0 Å². The van der Waals surface area contributed by atoms with Crippen LogP contribution in [-0.2, 0) is 73.4 Å². The minimum atomic E-state index is -3.89. The Morgan fingerprint density at radius 2 is 1.00 bits per heavy atom. The van der Waals surface area contributed by atoms with Gasteiger partial charge in [0.25, 0.3) is 11.8 Å². The molecule has 25 nitrogen and oxygen atoms in total. The van der Waals surface area contributed by atoms with Gasteiger partial charge in [-0.2, -0.15) is 36.4 Å². The predicted molar refractivity (Wildman–Crippen MR) is 373 cm³/mol. The molecule has 4 aliphatic carbocycles. The first-order valence-electron chi connectivity index (χ1n) is 33.4. The van der Waals surface area contributed by atoms with Crippen LogP contribution in [0.25, 0.3) is 0 Å². The Morgan fingerprint density at radius 3 is 1.31 bits per heavy atom. The summed E-state index contributed by atoms with van der Waals surface area (Å²) in [6.45, 7) is 37.3. The molecule has 7 N–H and O–H groups in total. The third-order valence-electron chi connectivity index (χ3n) is 16.4.